The number of Topliss-reactive ketones (excluding diaryl/α,β-unsaturated/α-hetero) is 1. The third-order valence-corrected chi connectivity index (χ3v) is 2.55. The zero-order valence-electron chi connectivity index (χ0n) is 7.43. The molecule has 1 aromatic rings. The highest BCUT2D eigenvalue weighted by Gasteiger charge is 2.09. The first kappa shape index (κ1) is 10.3. The molecular formula is C9H10INO2. The van der Waals surface area contributed by atoms with Gasteiger partial charge in [0.25, 0.3) is 0 Å². The van der Waals surface area contributed by atoms with Gasteiger partial charge < -0.3 is 10.5 Å². The number of hydrogen-bond donors (Lipinski definition) is 1. The van der Waals surface area contributed by atoms with E-state index in [0.717, 1.165) is 3.57 Å². The molecule has 0 unspecified atom stereocenters. The predicted octanol–water partition coefficient (Wildman–Crippen LogP) is 2.08. The first-order valence-electron chi connectivity index (χ1n) is 3.70. The molecule has 0 saturated heterocycles. The van der Waals surface area contributed by atoms with Crippen LogP contribution in [0.1, 0.15) is 17.3 Å². The molecule has 0 aromatic heterocycles. The van der Waals surface area contributed by atoms with Gasteiger partial charge in [-0.1, -0.05) is 0 Å². The van der Waals surface area contributed by atoms with Crippen LogP contribution in [0.15, 0.2) is 12.1 Å². The molecule has 0 aliphatic rings. The zero-order chi connectivity index (χ0) is 10.0. The van der Waals surface area contributed by atoms with E-state index in [1.807, 2.05) is 0 Å². The van der Waals surface area contributed by atoms with Crippen LogP contribution in [-0.4, -0.2) is 12.9 Å². The fraction of sp³-hybridized carbons (Fsp3) is 0.222. The summed E-state index contributed by atoms with van der Waals surface area (Å²) in [6.45, 7) is 1.49. The monoisotopic (exact) mass is 291 g/mol. The summed E-state index contributed by atoms with van der Waals surface area (Å²) >= 11 is 2.10. The minimum absolute atomic E-state index is 0.0296. The minimum atomic E-state index is -0.0296. The number of hydrogen-bond acceptors (Lipinski definition) is 3. The van der Waals surface area contributed by atoms with Crippen molar-refractivity contribution in [2.45, 2.75) is 6.92 Å². The fourth-order valence-electron chi connectivity index (χ4n) is 1.03. The van der Waals surface area contributed by atoms with Gasteiger partial charge in [0.2, 0.25) is 0 Å². The number of anilines is 1. The number of nitrogen functional groups attached to an aromatic ring is 1. The number of ketones is 1. The lowest BCUT2D eigenvalue weighted by molar-refractivity contribution is 0.101. The first-order chi connectivity index (χ1) is 6.06. The van der Waals surface area contributed by atoms with E-state index in [0.29, 0.717) is 17.0 Å². The Kier molecular flexibility index (Phi) is 3.13. The lowest BCUT2D eigenvalue weighted by Crippen LogP contribution is -2.01. The second kappa shape index (κ2) is 3.95. The number of carbonyl (C=O) groups is 1. The molecule has 0 bridgehead atoms. The van der Waals surface area contributed by atoms with E-state index in [-0.39, 0.29) is 5.78 Å². The first-order valence-corrected chi connectivity index (χ1v) is 4.78. The minimum Gasteiger partial charge on any atom is -0.496 e. The highest BCUT2D eigenvalue weighted by Crippen LogP contribution is 2.26. The Labute approximate surface area is 90.4 Å². The summed E-state index contributed by atoms with van der Waals surface area (Å²) in [5.41, 5.74) is 6.67. The summed E-state index contributed by atoms with van der Waals surface area (Å²) in [6.07, 6.45) is 0. The van der Waals surface area contributed by atoms with Crippen molar-refractivity contribution in [1.82, 2.24) is 0 Å². The smallest absolute Gasteiger partial charge is 0.161 e. The van der Waals surface area contributed by atoms with E-state index < -0.39 is 0 Å². The van der Waals surface area contributed by atoms with Gasteiger partial charge in [-0.2, -0.15) is 0 Å². The van der Waals surface area contributed by atoms with E-state index in [4.69, 9.17) is 10.5 Å². The number of rotatable bonds is 2. The van der Waals surface area contributed by atoms with E-state index >= 15 is 0 Å². The molecule has 3 nitrogen and oxygen atoms in total. The van der Waals surface area contributed by atoms with E-state index in [9.17, 15) is 4.79 Å². The van der Waals surface area contributed by atoms with Crippen LogP contribution >= 0.6 is 22.6 Å². The largest absolute Gasteiger partial charge is 0.496 e. The molecule has 0 radical (unpaired) electrons. The van der Waals surface area contributed by atoms with E-state index in [1.165, 1.54) is 6.92 Å². The molecule has 4 heteroatoms. The van der Waals surface area contributed by atoms with Gasteiger partial charge in [0.1, 0.15) is 5.75 Å². The summed E-state index contributed by atoms with van der Waals surface area (Å²) in [7, 11) is 1.57. The van der Waals surface area contributed by atoms with Crippen molar-refractivity contribution in [3.05, 3.63) is 21.3 Å². The molecule has 0 amide bonds. The molecule has 0 heterocycles. The van der Waals surface area contributed by atoms with Gasteiger partial charge in [0, 0.05) is 17.3 Å². The maximum atomic E-state index is 11.1. The molecule has 13 heavy (non-hydrogen) atoms. The summed E-state index contributed by atoms with van der Waals surface area (Å²) < 4.78 is 5.95. The van der Waals surface area contributed by atoms with Crippen molar-refractivity contribution < 1.29 is 9.53 Å². The third-order valence-electron chi connectivity index (χ3n) is 1.70. The van der Waals surface area contributed by atoms with Crippen molar-refractivity contribution in [2.24, 2.45) is 0 Å². The van der Waals surface area contributed by atoms with Crippen molar-refractivity contribution in [2.75, 3.05) is 12.8 Å². The van der Waals surface area contributed by atoms with Crippen LogP contribution in [0.25, 0.3) is 0 Å². The summed E-state index contributed by atoms with van der Waals surface area (Å²) in [6, 6.07) is 3.40. The maximum absolute atomic E-state index is 11.1. The lowest BCUT2D eigenvalue weighted by atomic mass is 10.1. The second-order valence-corrected chi connectivity index (χ2v) is 3.79. The van der Waals surface area contributed by atoms with Crippen LogP contribution in [0.4, 0.5) is 5.69 Å². The summed E-state index contributed by atoms with van der Waals surface area (Å²) in [5.74, 6) is 0.668. The van der Waals surface area contributed by atoms with E-state index in [1.54, 1.807) is 19.2 Å². The predicted molar refractivity (Wildman–Crippen MR) is 60.1 cm³/mol. The van der Waals surface area contributed by atoms with Crippen molar-refractivity contribution in [3.8, 4) is 5.75 Å². The van der Waals surface area contributed by atoms with Gasteiger partial charge in [-0.15, -0.1) is 0 Å². The van der Waals surface area contributed by atoms with Crippen LogP contribution in [0, 0.1) is 3.57 Å². The number of benzene rings is 1. The van der Waals surface area contributed by atoms with Gasteiger partial charge in [0.15, 0.2) is 5.78 Å². The highest BCUT2D eigenvalue weighted by molar-refractivity contribution is 14.1. The molecule has 0 spiro atoms. The summed E-state index contributed by atoms with van der Waals surface area (Å²) in [5, 5.41) is 0. The average molecular weight is 291 g/mol. The summed E-state index contributed by atoms with van der Waals surface area (Å²) in [4.78, 5) is 11.1. The van der Waals surface area contributed by atoms with Gasteiger partial charge in [0.05, 0.1) is 10.7 Å². The molecule has 0 saturated carbocycles. The van der Waals surface area contributed by atoms with Crippen LogP contribution in [0.5, 0.6) is 5.75 Å². The van der Waals surface area contributed by atoms with Crippen molar-refractivity contribution in [1.29, 1.82) is 0 Å². The van der Waals surface area contributed by atoms with Crippen LogP contribution in [0.2, 0.25) is 0 Å². The van der Waals surface area contributed by atoms with Gasteiger partial charge in [-0.3, -0.25) is 4.79 Å². The quantitative estimate of drug-likeness (QED) is 0.515. The van der Waals surface area contributed by atoms with Crippen LogP contribution < -0.4 is 10.5 Å². The Balaban J connectivity index is 3.28. The van der Waals surface area contributed by atoms with Crippen LogP contribution in [0.3, 0.4) is 0 Å². The number of carbonyl (C=O) groups excluding carboxylic acids is 1. The average Bonchev–Trinajstić information content (AvgIpc) is 2.07. The fourth-order valence-corrected chi connectivity index (χ4v) is 1.72. The maximum Gasteiger partial charge on any atom is 0.161 e. The van der Waals surface area contributed by atoms with Crippen LogP contribution in [-0.2, 0) is 0 Å². The Morgan fingerprint density at radius 3 is 2.62 bits per heavy atom. The third kappa shape index (κ3) is 2.12. The molecule has 1 aromatic carbocycles. The Morgan fingerprint density at radius 1 is 1.54 bits per heavy atom. The number of halogens is 1. The van der Waals surface area contributed by atoms with Gasteiger partial charge in [-0.25, -0.2) is 0 Å². The second-order valence-electron chi connectivity index (χ2n) is 2.63. The van der Waals surface area contributed by atoms with Gasteiger partial charge >= 0.3 is 0 Å². The SMILES string of the molecule is COc1cc(N)c(C(C)=O)cc1I. The molecule has 0 aliphatic heterocycles. The van der Waals surface area contributed by atoms with Crippen molar-refractivity contribution >= 4 is 34.1 Å². The van der Waals surface area contributed by atoms with Gasteiger partial charge in [-0.05, 0) is 35.6 Å². The molecule has 0 fully saturated rings. The normalized spacial score (nSPS) is 9.77. The molecule has 0 atom stereocenters. The number of methoxy groups -OCH3 is 1. The Bertz CT molecular complexity index is 350. The topological polar surface area (TPSA) is 52.3 Å². The lowest BCUT2D eigenvalue weighted by Gasteiger charge is -2.07. The molecule has 70 valence electrons. The Morgan fingerprint density at radius 2 is 2.15 bits per heavy atom. The molecule has 2 N–H and O–H groups in total. The molecular weight excluding hydrogens is 281 g/mol. The zero-order valence-corrected chi connectivity index (χ0v) is 9.58. The Hall–Kier alpha value is -0.780. The highest BCUT2D eigenvalue weighted by atomic mass is 127. The van der Waals surface area contributed by atoms with E-state index in [2.05, 4.69) is 22.6 Å². The van der Waals surface area contributed by atoms with Crippen molar-refractivity contribution in [3.63, 3.8) is 0 Å². The number of ether oxygens (including phenoxy) is 1. The molecule has 1 rings (SSSR count). The molecule has 0 aliphatic carbocycles. The number of nitrogens with two attached hydrogens (primary N) is 1. The standard InChI is InChI=1S/C9H10INO2/c1-5(12)6-3-7(10)9(13-2)4-8(6)11/h3-4H,11H2,1-2H3.